The van der Waals surface area contributed by atoms with Gasteiger partial charge < -0.3 is 14.8 Å². The van der Waals surface area contributed by atoms with Gasteiger partial charge in [-0.25, -0.2) is 0 Å². The number of benzene rings is 3. The second-order valence-corrected chi connectivity index (χ2v) is 7.60. The zero-order valence-corrected chi connectivity index (χ0v) is 18.9. The van der Waals surface area contributed by atoms with E-state index in [2.05, 4.69) is 5.32 Å². The quantitative estimate of drug-likeness (QED) is 0.296. The number of hydrogen-bond acceptors (Lipinski definition) is 7. The average molecular weight is 475 g/mol. The van der Waals surface area contributed by atoms with Crippen LogP contribution in [0, 0.1) is 10.1 Å². The van der Waals surface area contributed by atoms with Gasteiger partial charge in [-0.05, 0) is 42.8 Å². The first-order chi connectivity index (χ1) is 16.8. The third kappa shape index (κ3) is 4.54. The molecule has 0 radical (unpaired) electrons. The van der Waals surface area contributed by atoms with Crippen molar-refractivity contribution < 1.29 is 28.8 Å². The van der Waals surface area contributed by atoms with Crippen LogP contribution in [0.2, 0.25) is 0 Å². The lowest BCUT2D eigenvalue weighted by Gasteiger charge is -2.17. The molecule has 10 heteroatoms. The molecule has 3 amide bonds. The molecule has 4 rings (SSSR count). The number of amides is 3. The van der Waals surface area contributed by atoms with Gasteiger partial charge in [0.05, 0.1) is 47.6 Å². The highest BCUT2D eigenvalue weighted by molar-refractivity contribution is 6.21. The lowest BCUT2D eigenvalue weighted by molar-refractivity contribution is -0.384. The fourth-order valence-electron chi connectivity index (χ4n) is 3.80. The van der Waals surface area contributed by atoms with E-state index in [9.17, 15) is 24.5 Å². The molecule has 0 aliphatic carbocycles. The second-order valence-electron chi connectivity index (χ2n) is 7.60. The summed E-state index contributed by atoms with van der Waals surface area (Å²) in [7, 11) is 1.38. The highest BCUT2D eigenvalue weighted by atomic mass is 16.6. The van der Waals surface area contributed by atoms with Crippen molar-refractivity contribution in [2.24, 2.45) is 0 Å². The number of carbonyl (C=O) groups is 3. The first-order valence-electron chi connectivity index (χ1n) is 10.7. The molecule has 1 N–H and O–H groups in total. The molecule has 0 fully saturated rings. The zero-order valence-electron chi connectivity index (χ0n) is 18.9. The zero-order chi connectivity index (χ0) is 25.1. The number of fused-ring (bicyclic) bond motifs is 1. The lowest BCUT2D eigenvalue weighted by Crippen LogP contribution is -2.29. The highest BCUT2D eigenvalue weighted by Crippen LogP contribution is 2.31. The van der Waals surface area contributed by atoms with Crippen molar-refractivity contribution in [1.82, 2.24) is 4.90 Å². The van der Waals surface area contributed by atoms with E-state index in [-0.39, 0.29) is 41.6 Å². The maximum atomic E-state index is 13.2. The molecule has 0 unspecified atom stereocenters. The SMILES string of the molecule is CCOc1ccc(CN2C(=O)c3ccccc3C2=O)cc1C(=O)Nc1cc([N+](=O)[O-])ccc1OC. The first-order valence-corrected chi connectivity index (χ1v) is 10.7. The fraction of sp³-hybridized carbons (Fsp3) is 0.160. The van der Waals surface area contributed by atoms with Crippen LogP contribution in [-0.2, 0) is 6.54 Å². The number of methoxy groups -OCH3 is 1. The topological polar surface area (TPSA) is 128 Å². The molecule has 3 aromatic rings. The summed E-state index contributed by atoms with van der Waals surface area (Å²) in [6.45, 7) is 2.01. The van der Waals surface area contributed by atoms with Gasteiger partial charge in [0.25, 0.3) is 23.4 Å². The van der Waals surface area contributed by atoms with E-state index in [1.165, 1.54) is 31.4 Å². The number of carbonyl (C=O) groups excluding carboxylic acids is 3. The monoisotopic (exact) mass is 475 g/mol. The Bertz CT molecular complexity index is 1320. The summed E-state index contributed by atoms with van der Waals surface area (Å²) in [5.74, 6) is -0.903. The van der Waals surface area contributed by atoms with Gasteiger partial charge in [0.2, 0.25) is 0 Å². The summed E-state index contributed by atoms with van der Waals surface area (Å²) < 4.78 is 10.8. The summed E-state index contributed by atoms with van der Waals surface area (Å²) in [6.07, 6.45) is 0. The highest BCUT2D eigenvalue weighted by Gasteiger charge is 2.35. The maximum Gasteiger partial charge on any atom is 0.271 e. The number of nitrogens with zero attached hydrogens (tertiary/aromatic N) is 2. The van der Waals surface area contributed by atoms with E-state index in [1.54, 1.807) is 43.3 Å². The van der Waals surface area contributed by atoms with E-state index in [4.69, 9.17) is 9.47 Å². The molecule has 1 heterocycles. The van der Waals surface area contributed by atoms with Crippen molar-refractivity contribution in [1.29, 1.82) is 0 Å². The predicted octanol–water partition coefficient (Wildman–Crippen LogP) is 4.05. The van der Waals surface area contributed by atoms with E-state index in [1.807, 2.05) is 0 Å². The minimum absolute atomic E-state index is 0.0425. The number of anilines is 1. The Morgan fingerprint density at radius 1 is 1.00 bits per heavy atom. The summed E-state index contributed by atoms with van der Waals surface area (Å²) in [6, 6.07) is 15.2. The van der Waals surface area contributed by atoms with Crippen LogP contribution in [0.15, 0.2) is 60.7 Å². The Morgan fingerprint density at radius 3 is 2.26 bits per heavy atom. The molecular weight excluding hydrogens is 454 g/mol. The molecule has 35 heavy (non-hydrogen) atoms. The van der Waals surface area contributed by atoms with Crippen LogP contribution in [0.3, 0.4) is 0 Å². The van der Waals surface area contributed by atoms with Gasteiger partial charge in [-0.3, -0.25) is 29.4 Å². The Kier molecular flexibility index (Phi) is 6.45. The molecule has 178 valence electrons. The average Bonchev–Trinajstić information content (AvgIpc) is 3.09. The molecule has 0 atom stereocenters. The maximum absolute atomic E-state index is 13.2. The van der Waals surface area contributed by atoms with Crippen LogP contribution in [0.5, 0.6) is 11.5 Å². The Morgan fingerprint density at radius 2 is 1.66 bits per heavy atom. The number of imide groups is 1. The molecular formula is C25H21N3O7. The molecule has 0 aromatic heterocycles. The molecule has 10 nitrogen and oxygen atoms in total. The van der Waals surface area contributed by atoms with Gasteiger partial charge in [0.1, 0.15) is 11.5 Å². The van der Waals surface area contributed by atoms with Crippen molar-refractivity contribution in [3.8, 4) is 11.5 Å². The standard InChI is InChI=1S/C25H21N3O7/c1-3-35-21-10-8-15(14-27-24(30)17-6-4-5-7-18(17)25(27)31)12-19(21)23(29)26-20-13-16(28(32)33)9-11-22(20)34-2/h4-13H,3,14H2,1-2H3,(H,26,29). The fourth-order valence-corrected chi connectivity index (χ4v) is 3.80. The molecule has 0 saturated carbocycles. The number of ether oxygens (including phenoxy) is 2. The summed E-state index contributed by atoms with van der Waals surface area (Å²) in [4.78, 5) is 50.4. The Hall–Kier alpha value is -4.73. The van der Waals surface area contributed by atoms with E-state index in [0.29, 0.717) is 16.7 Å². The van der Waals surface area contributed by atoms with Gasteiger partial charge in [-0.15, -0.1) is 0 Å². The molecule has 1 aliphatic heterocycles. The van der Waals surface area contributed by atoms with E-state index in [0.717, 1.165) is 4.90 Å². The number of non-ortho nitro benzene ring substituents is 1. The van der Waals surface area contributed by atoms with Crippen LogP contribution < -0.4 is 14.8 Å². The predicted molar refractivity (Wildman–Crippen MR) is 126 cm³/mol. The van der Waals surface area contributed by atoms with Crippen LogP contribution >= 0.6 is 0 Å². The summed E-state index contributed by atoms with van der Waals surface area (Å²) in [5, 5.41) is 13.8. The second kappa shape index (κ2) is 9.64. The number of rotatable bonds is 8. The smallest absolute Gasteiger partial charge is 0.271 e. The lowest BCUT2D eigenvalue weighted by atomic mass is 10.1. The molecule has 0 saturated heterocycles. The van der Waals surface area contributed by atoms with E-state index >= 15 is 0 Å². The van der Waals surface area contributed by atoms with Crippen LogP contribution in [0.1, 0.15) is 43.6 Å². The van der Waals surface area contributed by atoms with E-state index < -0.39 is 22.6 Å². The minimum atomic E-state index is -0.601. The summed E-state index contributed by atoms with van der Waals surface area (Å²) >= 11 is 0. The third-order valence-corrected chi connectivity index (χ3v) is 5.45. The minimum Gasteiger partial charge on any atom is -0.495 e. The van der Waals surface area contributed by atoms with Crippen LogP contribution in [0.25, 0.3) is 0 Å². The van der Waals surface area contributed by atoms with Gasteiger partial charge in [0, 0.05) is 12.1 Å². The number of nitrogens with one attached hydrogen (secondary N) is 1. The summed E-state index contributed by atoms with van der Waals surface area (Å²) in [5.41, 5.74) is 1.22. The van der Waals surface area contributed by atoms with Gasteiger partial charge in [0.15, 0.2) is 0 Å². The van der Waals surface area contributed by atoms with Crippen molar-refractivity contribution in [2.45, 2.75) is 13.5 Å². The van der Waals surface area contributed by atoms with Crippen molar-refractivity contribution in [3.63, 3.8) is 0 Å². The van der Waals surface area contributed by atoms with Gasteiger partial charge in [-0.1, -0.05) is 18.2 Å². The van der Waals surface area contributed by atoms with Crippen LogP contribution in [-0.4, -0.2) is 41.3 Å². The van der Waals surface area contributed by atoms with Gasteiger partial charge >= 0.3 is 0 Å². The van der Waals surface area contributed by atoms with Crippen LogP contribution in [0.4, 0.5) is 11.4 Å². The van der Waals surface area contributed by atoms with Crippen molar-refractivity contribution in [3.05, 3.63) is 93.0 Å². The van der Waals surface area contributed by atoms with Crippen molar-refractivity contribution >= 4 is 29.1 Å². The molecule has 3 aromatic carbocycles. The number of nitro benzene ring substituents is 1. The largest absolute Gasteiger partial charge is 0.495 e. The Labute approximate surface area is 200 Å². The third-order valence-electron chi connectivity index (χ3n) is 5.45. The molecule has 0 bridgehead atoms. The first kappa shape index (κ1) is 23.4. The number of hydrogen-bond donors (Lipinski definition) is 1. The molecule has 1 aliphatic rings. The Balaban J connectivity index is 1.64. The normalized spacial score (nSPS) is 12.3. The molecule has 0 spiro atoms. The van der Waals surface area contributed by atoms with Crippen molar-refractivity contribution in [2.75, 3.05) is 19.0 Å². The number of nitro groups is 1. The van der Waals surface area contributed by atoms with Gasteiger partial charge in [-0.2, -0.15) is 0 Å².